The Hall–Kier alpha value is -1.88. The van der Waals surface area contributed by atoms with Gasteiger partial charge in [0.05, 0.1) is 5.41 Å². The molecule has 1 aromatic rings. The van der Waals surface area contributed by atoms with E-state index >= 15 is 0 Å². The molecule has 2 aliphatic rings. The van der Waals surface area contributed by atoms with Crippen molar-refractivity contribution in [1.82, 2.24) is 0 Å². The molecule has 1 aromatic carbocycles. The number of amides is 2. The summed E-state index contributed by atoms with van der Waals surface area (Å²) in [6.45, 7) is 1.14. The zero-order valence-electron chi connectivity index (χ0n) is 12.8. The number of nitrogens with one attached hydrogen (secondary N) is 1. The van der Waals surface area contributed by atoms with Crippen molar-refractivity contribution < 1.29 is 9.59 Å². The molecule has 1 heterocycles. The Balaban J connectivity index is 1.75. The van der Waals surface area contributed by atoms with E-state index in [0.29, 0.717) is 13.0 Å². The van der Waals surface area contributed by atoms with Crippen LogP contribution in [0.25, 0.3) is 0 Å². The molecule has 5 heteroatoms. The maximum absolute atomic E-state index is 12.6. The highest BCUT2D eigenvalue weighted by molar-refractivity contribution is 5.98. The van der Waals surface area contributed by atoms with Crippen LogP contribution in [0.2, 0.25) is 0 Å². The Morgan fingerprint density at radius 2 is 2.05 bits per heavy atom. The minimum atomic E-state index is -0.417. The molecule has 0 radical (unpaired) electrons. The summed E-state index contributed by atoms with van der Waals surface area (Å²) in [6, 6.07) is 7.52. The van der Waals surface area contributed by atoms with Crippen molar-refractivity contribution in [2.24, 2.45) is 11.1 Å². The summed E-state index contributed by atoms with van der Waals surface area (Å²) in [5.41, 5.74) is 7.03. The molecular formula is C17H23N3O2. The zero-order chi connectivity index (χ0) is 15.6. The second kappa shape index (κ2) is 6.08. The van der Waals surface area contributed by atoms with E-state index in [1.54, 1.807) is 4.90 Å². The van der Waals surface area contributed by atoms with Crippen molar-refractivity contribution >= 4 is 23.2 Å². The maximum Gasteiger partial charge on any atom is 0.231 e. The van der Waals surface area contributed by atoms with E-state index in [0.717, 1.165) is 50.0 Å². The van der Waals surface area contributed by atoms with Crippen molar-refractivity contribution in [3.05, 3.63) is 24.3 Å². The first-order valence-electron chi connectivity index (χ1n) is 8.07. The Labute approximate surface area is 130 Å². The van der Waals surface area contributed by atoms with Gasteiger partial charge in [0.15, 0.2) is 0 Å². The van der Waals surface area contributed by atoms with Gasteiger partial charge in [-0.25, -0.2) is 0 Å². The lowest BCUT2D eigenvalue weighted by Gasteiger charge is -2.26. The van der Waals surface area contributed by atoms with Crippen LogP contribution >= 0.6 is 0 Å². The highest BCUT2D eigenvalue weighted by atomic mass is 16.2. The number of carbonyl (C=O) groups is 2. The molecular weight excluding hydrogens is 278 g/mol. The van der Waals surface area contributed by atoms with E-state index in [1.165, 1.54) is 0 Å². The third kappa shape index (κ3) is 2.73. The minimum absolute atomic E-state index is 0.0115. The first kappa shape index (κ1) is 15.0. The third-order valence-corrected chi connectivity index (χ3v) is 4.92. The molecule has 0 atom stereocenters. The summed E-state index contributed by atoms with van der Waals surface area (Å²) in [5, 5.41) is 3.00. The molecule has 1 saturated carbocycles. The van der Waals surface area contributed by atoms with Crippen LogP contribution in [0.1, 0.15) is 38.5 Å². The number of rotatable bonds is 4. The lowest BCUT2D eigenvalue weighted by atomic mass is 9.85. The fourth-order valence-electron chi connectivity index (χ4n) is 3.51. The molecule has 2 fully saturated rings. The predicted molar refractivity (Wildman–Crippen MR) is 86.6 cm³/mol. The van der Waals surface area contributed by atoms with Gasteiger partial charge in [-0.3, -0.25) is 9.59 Å². The fourth-order valence-corrected chi connectivity index (χ4v) is 3.51. The number of carbonyl (C=O) groups excluding carboxylic acids is 2. The predicted octanol–water partition coefficient (Wildman–Crippen LogP) is 2.27. The molecule has 3 rings (SSSR count). The SMILES string of the molecule is NCC1(C(=O)Nc2cccc(N3CCCC3=O)c2)CCCC1. The smallest absolute Gasteiger partial charge is 0.231 e. The molecule has 1 saturated heterocycles. The van der Waals surface area contributed by atoms with Gasteiger partial charge in [-0.05, 0) is 37.5 Å². The molecule has 118 valence electrons. The van der Waals surface area contributed by atoms with E-state index in [-0.39, 0.29) is 11.8 Å². The Morgan fingerprint density at radius 3 is 2.68 bits per heavy atom. The quantitative estimate of drug-likeness (QED) is 0.895. The van der Waals surface area contributed by atoms with Gasteiger partial charge in [0, 0.05) is 30.9 Å². The minimum Gasteiger partial charge on any atom is -0.329 e. The fraction of sp³-hybridized carbons (Fsp3) is 0.529. The molecule has 3 N–H and O–H groups in total. The second-order valence-electron chi connectivity index (χ2n) is 6.34. The summed E-state index contributed by atoms with van der Waals surface area (Å²) in [6.07, 6.45) is 5.34. The molecule has 0 aromatic heterocycles. The van der Waals surface area contributed by atoms with Gasteiger partial charge in [-0.1, -0.05) is 18.9 Å². The lowest BCUT2D eigenvalue weighted by molar-refractivity contribution is -0.124. The van der Waals surface area contributed by atoms with Gasteiger partial charge < -0.3 is 16.0 Å². The first-order chi connectivity index (χ1) is 10.6. The largest absolute Gasteiger partial charge is 0.329 e. The summed E-state index contributed by atoms with van der Waals surface area (Å²) in [5.74, 6) is 0.162. The van der Waals surface area contributed by atoms with E-state index in [9.17, 15) is 9.59 Å². The highest BCUT2D eigenvalue weighted by Crippen LogP contribution is 2.38. The van der Waals surface area contributed by atoms with Gasteiger partial charge in [-0.2, -0.15) is 0 Å². The number of nitrogens with zero attached hydrogens (tertiary/aromatic N) is 1. The van der Waals surface area contributed by atoms with Crippen molar-refractivity contribution in [2.75, 3.05) is 23.3 Å². The topological polar surface area (TPSA) is 75.4 Å². The van der Waals surface area contributed by atoms with Crippen LogP contribution in [-0.4, -0.2) is 24.9 Å². The molecule has 0 bridgehead atoms. The van der Waals surface area contributed by atoms with Gasteiger partial charge in [0.2, 0.25) is 11.8 Å². The van der Waals surface area contributed by atoms with Crippen LogP contribution in [0.5, 0.6) is 0 Å². The normalized spacial score (nSPS) is 20.4. The lowest BCUT2D eigenvalue weighted by Crippen LogP contribution is -2.40. The number of nitrogens with two attached hydrogens (primary N) is 1. The van der Waals surface area contributed by atoms with Crippen LogP contribution in [0.15, 0.2) is 24.3 Å². The summed E-state index contributed by atoms with van der Waals surface area (Å²) in [7, 11) is 0. The first-order valence-corrected chi connectivity index (χ1v) is 8.07. The summed E-state index contributed by atoms with van der Waals surface area (Å²) < 4.78 is 0. The molecule has 5 nitrogen and oxygen atoms in total. The van der Waals surface area contributed by atoms with Crippen LogP contribution in [0, 0.1) is 5.41 Å². The molecule has 2 amide bonds. The molecule has 22 heavy (non-hydrogen) atoms. The van der Waals surface area contributed by atoms with Gasteiger partial charge in [-0.15, -0.1) is 0 Å². The number of benzene rings is 1. The van der Waals surface area contributed by atoms with Crippen molar-refractivity contribution in [2.45, 2.75) is 38.5 Å². The Morgan fingerprint density at radius 1 is 1.27 bits per heavy atom. The highest BCUT2D eigenvalue weighted by Gasteiger charge is 2.39. The average molecular weight is 301 g/mol. The van der Waals surface area contributed by atoms with Crippen LogP contribution in [0.3, 0.4) is 0 Å². The zero-order valence-corrected chi connectivity index (χ0v) is 12.8. The number of hydrogen-bond donors (Lipinski definition) is 2. The summed E-state index contributed by atoms with van der Waals surface area (Å²) in [4.78, 5) is 26.2. The van der Waals surface area contributed by atoms with Gasteiger partial charge in [0.25, 0.3) is 0 Å². The Kier molecular flexibility index (Phi) is 4.16. The van der Waals surface area contributed by atoms with Crippen molar-refractivity contribution in [1.29, 1.82) is 0 Å². The van der Waals surface area contributed by atoms with E-state index < -0.39 is 5.41 Å². The number of anilines is 2. The van der Waals surface area contributed by atoms with Gasteiger partial charge >= 0.3 is 0 Å². The average Bonchev–Trinajstić information content (AvgIpc) is 3.17. The van der Waals surface area contributed by atoms with Crippen molar-refractivity contribution in [3.63, 3.8) is 0 Å². The molecule has 1 aliphatic carbocycles. The number of hydrogen-bond acceptors (Lipinski definition) is 3. The monoisotopic (exact) mass is 301 g/mol. The second-order valence-corrected chi connectivity index (χ2v) is 6.34. The maximum atomic E-state index is 12.6. The summed E-state index contributed by atoms with van der Waals surface area (Å²) >= 11 is 0. The molecule has 0 spiro atoms. The van der Waals surface area contributed by atoms with Crippen LogP contribution < -0.4 is 16.0 Å². The van der Waals surface area contributed by atoms with Crippen LogP contribution in [0.4, 0.5) is 11.4 Å². The molecule has 1 aliphatic heterocycles. The van der Waals surface area contributed by atoms with Crippen molar-refractivity contribution in [3.8, 4) is 0 Å². The third-order valence-electron chi connectivity index (χ3n) is 4.92. The van der Waals surface area contributed by atoms with E-state index in [2.05, 4.69) is 5.32 Å². The molecule has 0 unspecified atom stereocenters. The Bertz CT molecular complexity index is 579. The van der Waals surface area contributed by atoms with E-state index in [1.807, 2.05) is 24.3 Å². The standard InChI is InChI=1S/C17H23N3O2/c18-12-17(8-1-2-9-17)16(22)19-13-5-3-6-14(11-13)20-10-4-7-15(20)21/h3,5-6,11H,1-2,4,7-10,12,18H2,(H,19,22). The van der Waals surface area contributed by atoms with Crippen LogP contribution in [-0.2, 0) is 9.59 Å². The van der Waals surface area contributed by atoms with E-state index in [4.69, 9.17) is 5.73 Å². The van der Waals surface area contributed by atoms with Gasteiger partial charge in [0.1, 0.15) is 0 Å².